The van der Waals surface area contributed by atoms with E-state index in [1.165, 1.54) is 30.1 Å². The van der Waals surface area contributed by atoms with Gasteiger partial charge in [0.1, 0.15) is 22.9 Å². The molecular formula is C34H41N4PS. The van der Waals surface area contributed by atoms with Gasteiger partial charge >= 0.3 is 0 Å². The molecular weight excluding hydrogens is 527 g/mol. The Kier molecular flexibility index (Phi) is 12.0. The Labute approximate surface area is 247 Å². The summed E-state index contributed by atoms with van der Waals surface area (Å²) in [5.74, 6) is 2.94. The first-order chi connectivity index (χ1) is 19.3. The number of aryl methyl sites for hydroxylation is 1. The number of aromatic nitrogens is 3. The number of nitrogens with zero attached hydrogens (tertiary/aromatic N) is 3. The summed E-state index contributed by atoms with van der Waals surface area (Å²) in [5.41, 5.74) is 12.7. The number of benzene rings is 2. The summed E-state index contributed by atoms with van der Waals surface area (Å²) in [6, 6.07) is 16.3. The highest BCUT2D eigenvalue weighted by molar-refractivity contribution is 7.80. The number of nitrogens with two attached hydrogens (primary N) is 1. The molecule has 2 N–H and O–H groups in total. The van der Waals surface area contributed by atoms with Gasteiger partial charge in [0.2, 0.25) is 0 Å². The molecule has 5 rings (SSSR count). The summed E-state index contributed by atoms with van der Waals surface area (Å²) in [6.07, 6.45) is 16.9. The van der Waals surface area contributed by atoms with Crippen LogP contribution in [-0.2, 0) is 0 Å². The molecule has 1 saturated carbocycles. The third kappa shape index (κ3) is 8.30. The van der Waals surface area contributed by atoms with Crippen molar-refractivity contribution in [1.82, 2.24) is 14.4 Å². The first-order valence-electron chi connectivity index (χ1n) is 13.5. The minimum absolute atomic E-state index is 0.506. The van der Waals surface area contributed by atoms with E-state index in [4.69, 9.17) is 10.7 Å². The molecule has 2 aromatic carbocycles. The molecule has 2 aromatic heterocycles. The van der Waals surface area contributed by atoms with Crippen LogP contribution in [0.2, 0.25) is 0 Å². The molecule has 0 bridgehead atoms. The van der Waals surface area contributed by atoms with Crippen molar-refractivity contribution in [1.29, 1.82) is 0 Å². The monoisotopic (exact) mass is 568 g/mol. The van der Waals surface area contributed by atoms with Crippen molar-refractivity contribution in [2.75, 3.05) is 11.9 Å². The van der Waals surface area contributed by atoms with E-state index in [9.17, 15) is 0 Å². The predicted molar refractivity (Wildman–Crippen MR) is 180 cm³/mol. The Balaban J connectivity index is 0.000000226. The van der Waals surface area contributed by atoms with E-state index in [2.05, 4.69) is 63.5 Å². The summed E-state index contributed by atoms with van der Waals surface area (Å²) in [4.78, 5) is 10.3. The molecule has 0 amide bonds. The number of hydrogen-bond acceptors (Lipinski definition) is 4. The third-order valence-corrected chi connectivity index (χ3v) is 7.77. The second-order valence-corrected chi connectivity index (χ2v) is 10.9. The summed E-state index contributed by atoms with van der Waals surface area (Å²) < 4.78 is 2.13. The van der Waals surface area contributed by atoms with Gasteiger partial charge < -0.3 is 5.73 Å². The molecule has 0 aliphatic heterocycles. The minimum Gasteiger partial charge on any atom is -0.382 e. The highest BCUT2D eigenvalue weighted by Crippen LogP contribution is 2.43. The fraction of sp³-hybridized carbons (Fsp3) is 0.235. The normalized spacial score (nSPS) is 16.4. The van der Waals surface area contributed by atoms with Crippen LogP contribution in [-0.4, -0.2) is 20.5 Å². The molecule has 1 atom stereocenters. The number of fused-ring (bicyclic) bond motifs is 1. The average Bonchev–Trinajstić information content (AvgIpc) is 3.31. The van der Waals surface area contributed by atoms with Gasteiger partial charge in [-0.05, 0) is 63.4 Å². The molecule has 208 valence electrons. The van der Waals surface area contributed by atoms with Gasteiger partial charge in [-0.15, -0.1) is 21.9 Å². The van der Waals surface area contributed by atoms with Gasteiger partial charge in [-0.25, -0.2) is 9.97 Å². The van der Waals surface area contributed by atoms with Crippen molar-refractivity contribution in [2.24, 2.45) is 5.92 Å². The van der Waals surface area contributed by atoms with Crippen molar-refractivity contribution in [3.05, 3.63) is 121 Å². The first-order valence-corrected chi connectivity index (χ1v) is 14.8. The summed E-state index contributed by atoms with van der Waals surface area (Å²) in [6.45, 7) is 13.5. The Morgan fingerprint density at radius 1 is 1.12 bits per heavy atom. The van der Waals surface area contributed by atoms with Crippen LogP contribution in [0.25, 0.3) is 22.9 Å². The van der Waals surface area contributed by atoms with Crippen LogP contribution in [0.5, 0.6) is 0 Å². The number of anilines is 1. The number of imidazole rings is 1. The van der Waals surface area contributed by atoms with Gasteiger partial charge in [0.15, 0.2) is 0 Å². The number of nitrogen functional groups attached to an aromatic ring is 1. The fourth-order valence-electron chi connectivity index (χ4n) is 4.54. The molecule has 2 heterocycles. The van der Waals surface area contributed by atoms with E-state index in [1.807, 2.05) is 80.7 Å². The fourth-order valence-corrected chi connectivity index (χ4v) is 5.08. The van der Waals surface area contributed by atoms with E-state index in [1.54, 1.807) is 12.3 Å². The van der Waals surface area contributed by atoms with E-state index in [0.717, 1.165) is 39.0 Å². The van der Waals surface area contributed by atoms with Crippen LogP contribution >= 0.6 is 21.9 Å². The quantitative estimate of drug-likeness (QED) is 0.139. The van der Waals surface area contributed by atoms with Crippen LogP contribution < -0.4 is 5.73 Å². The van der Waals surface area contributed by atoms with Crippen molar-refractivity contribution in [3.8, 4) is 11.3 Å². The smallest absolute Gasteiger partial charge is 0.150 e. The molecule has 1 aliphatic rings. The Hall–Kier alpha value is -3.40. The lowest BCUT2D eigenvalue weighted by Gasteiger charge is -2.33. The lowest BCUT2D eigenvalue weighted by Crippen LogP contribution is -2.24. The topological polar surface area (TPSA) is 56.2 Å². The molecule has 1 aliphatic carbocycles. The van der Waals surface area contributed by atoms with Crippen molar-refractivity contribution in [2.45, 2.75) is 44.4 Å². The standard InChI is InChI=1S/C19H21N4P.C8H12.C7H8S/c1-2-12-3-5-14(6-4-12)16-17-18(20)21-7-8-23(17)19(22-16)15-9-13(10-15)11-24;1-4-6-8(3)7-5-2;1-6-2-4-7(8)5-3-6/h2-8,13,15H,1,9-11,24H2,(H2,20,21);4-7H,1H2,2-3H3;2-5,8H,1H3/b;7-5-,8-6-;. The predicted octanol–water partition coefficient (Wildman–Crippen LogP) is 8.97. The molecule has 0 saturated heterocycles. The molecule has 1 unspecified atom stereocenters. The Morgan fingerprint density at radius 3 is 2.35 bits per heavy atom. The van der Waals surface area contributed by atoms with Crippen LogP contribution in [0.1, 0.15) is 49.6 Å². The minimum atomic E-state index is 0.506. The first kappa shape index (κ1) is 31.1. The number of rotatable bonds is 6. The summed E-state index contributed by atoms with van der Waals surface area (Å²) in [7, 11) is 2.85. The lowest BCUT2D eigenvalue weighted by molar-refractivity contribution is 0.282. The third-order valence-electron chi connectivity index (χ3n) is 6.81. The molecule has 0 radical (unpaired) electrons. The maximum absolute atomic E-state index is 6.19. The van der Waals surface area contributed by atoms with Crippen LogP contribution in [0.4, 0.5) is 5.82 Å². The highest BCUT2D eigenvalue weighted by Gasteiger charge is 2.33. The van der Waals surface area contributed by atoms with Crippen LogP contribution in [0.3, 0.4) is 0 Å². The Bertz CT molecular complexity index is 1440. The molecule has 1 fully saturated rings. The van der Waals surface area contributed by atoms with Crippen molar-refractivity contribution in [3.63, 3.8) is 0 Å². The number of thiol groups is 1. The van der Waals surface area contributed by atoms with Crippen molar-refractivity contribution >= 4 is 39.3 Å². The van der Waals surface area contributed by atoms with E-state index in [-0.39, 0.29) is 0 Å². The van der Waals surface area contributed by atoms with Gasteiger partial charge in [0, 0.05) is 28.8 Å². The largest absolute Gasteiger partial charge is 0.382 e. The van der Waals surface area contributed by atoms with Crippen LogP contribution in [0.15, 0.2) is 109 Å². The molecule has 4 nitrogen and oxygen atoms in total. The molecule has 0 spiro atoms. The van der Waals surface area contributed by atoms with Crippen molar-refractivity contribution < 1.29 is 0 Å². The zero-order valence-corrected chi connectivity index (χ0v) is 25.8. The van der Waals surface area contributed by atoms with E-state index < -0.39 is 0 Å². The van der Waals surface area contributed by atoms with Gasteiger partial charge in [-0.1, -0.05) is 91.1 Å². The maximum atomic E-state index is 6.19. The second-order valence-electron chi connectivity index (χ2n) is 9.93. The van der Waals surface area contributed by atoms with Crippen LogP contribution in [0, 0.1) is 12.8 Å². The SMILES string of the molecule is C=C/C=C(C)\C=C/C.C=Cc1ccc(-c2nc(C3CC(CP)C3)n3ccnc(N)c23)cc1.Cc1ccc(S)cc1. The van der Waals surface area contributed by atoms with E-state index >= 15 is 0 Å². The zero-order valence-electron chi connectivity index (χ0n) is 23.8. The Morgan fingerprint density at radius 2 is 1.80 bits per heavy atom. The maximum Gasteiger partial charge on any atom is 0.150 e. The second kappa shape index (κ2) is 15.4. The molecule has 4 aromatic rings. The summed E-state index contributed by atoms with van der Waals surface area (Å²) in [5, 5.41) is 0. The van der Waals surface area contributed by atoms with Gasteiger partial charge in [0.05, 0.1) is 0 Å². The average molecular weight is 569 g/mol. The van der Waals surface area contributed by atoms with E-state index in [0.29, 0.717) is 11.7 Å². The lowest BCUT2D eigenvalue weighted by atomic mass is 9.75. The number of allylic oxidation sites excluding steroid dienone is 5. The molecule has 40 heavy (non-hydrogen) atoms. The summed E-state index contributed by atoms with van der Waals surface area (Å²) >= 11 is 4.13. The molecule has 6 heteroatoms. The highest BCUT2D eigenvalue weighted by atomic mass is 32.1. The van der Waals surface area contributed by atoms with Gasteiger partial charge in [0.25, 0.3) is 0 Å². The zero-order chi connectivity index (χ0) is 29.1. The number of hydrogen-bond donors (Lipinski definition) is 2. The van der Waals surface area contributed by atoms with Gasteiger partial charge in [-0.3, -0.25) is 4.40 Å². The van der Waals surface area contributed by atoms with Gasteiger partial charge in [-0.2, -0.15) is 0 Å².